The van der Waals surface area contributed by atoms with E-state index < -0.39 is 0 Å². The second-order valence-electron chi connectivity index (χ2n) is 3.38. The average molecular weight is 187 g/mol. The molecule has 2 heteroatoms. The van der Waals surface area contributed by atoms with Crippen LogP contribution in [-0.2, 0) is 11.3 Å². The van der Waals surface area contributed by atoms with Gasteiger partial charge in [-0.3, -0.25) is 4.98 Å². The summed E-state index contributed by atoms with van der Waals surface area (Å²) in [6.45, 7) is 2.68. The molecule has 1 heterocycles. The average Bonchev–Trinajstić information content (AvgIpc) is 2.20. The molecule has 0 saturated carbocycles. The Morgan fingerprint density at radius 1 is 1.29 bits per heavy atom. The lowest BCUT2D eigenvalue weighted by Crippen LogP contribution is -1.89. The van der Waals surface area contributed by atoms with E-state index in [0.717, 1.165) is 5.69 Å². The largest absolute Gasteiger partial charge is 0.380 e. The molecule has 2 nitrogen and oxygen atoms in total. The fourth-order valence-electron chi connectivity index (χ4n) is 1.62. The van der Waals surface area contributed by atoms with Crippen LogP contribution in [0.15, 0.2) is 30.5 Å². The van der Waals surface area contributed by atoms with Crippen molar-refractivity contribution >= 4 is 10.8 Å². The van der Waals surface area contributed by atoms with Gasteiger partial charge in [0.15, 0.2) is 0 Å². The van der Waals surface area contributed by atoms with Crippen molar-refractivity contribution in [1.29, 1.82) is 0 Å². The zero-order chi connectivity index (χ0) is 9.97. The van der Waals surface area contributed by atoms with Gasteiger partial charge in [0.25, 0.3) is 0 Å². The Bertz CT molecular complexity index is 451. The molecule has 0 amide bonds. The number of hydrogen-bond acceptors (Lipinski definition) is 2. The summed E-state index contributed by atoms with van der Waals surface area (Å²) in [5.41, 5.74) is 2.26. The number of benzene rings is 1. The van der Waals surface area contributed by atoms with Crippen molar-refractivity contribution in [2.75, 3.05) is 7.11 Å². The summed E-state index contributed by atoms with van der Waals surface area (Å²) in [4.78, 5) is 4.27. The van der Waals surface area contributed by atoms with Crippen LogP contribution in [0.5, 0.6) is 0 Å². The Morgan fingerprint density at radius 3 is 2.93 bits per heavy atom. The van der Waals surface area contributed by atoms with Gasteiger partial charge >= 0.3 is 0 Å². The molecule has 0 aliphatic heterocycles. The second kappa shape index (κ2) is 3.76. The summed E-state index contributed by atoms with van der Waals surface area (Å²) < 4.78 is 5.10. The van der Waals surface area contributed by atoms with Gasteiger partial charge in [0.1, 0.15) is 0 Å². The molecule has 0 aliphatic rings. The lowest BCUT2D eigenvalue weighted by molar-refractivity contribution is 0.185. The molecular weight excluding hydrogens is 174 g/mol. The molecule has 0 atom stereocenters. The monoisotopic (exact) mass is 187 g/mol. The van der Waals surface area contributed by atoms with Crippen LogP contribution in [0.2, 0.25) is 0 Å². The number of pyridine rings is 1. The van der Waals surface area contributed by atoms with Crippen LogP contribution in [0, 0.1) is 6.92 Å². The first-order valence-corrected chi connectivity index (χ1v) is 4.64. The Labute approximate surface area is 83.5 Å². The quantitative estimate of drug-likeness (QED) is 0.721. The van der Waals surface area contributed by atoms with Crippen molar-refractivity contribution in [2.45, 2.75) is 13.5 Å². The third-order valence-corrected chi connectivity index (χ3v) is 2.34. The number of ether oxygens (including phenoxy) is 1. The van der Waals surface area contributed by atoms with Crippen molar-refractivity contribution in [2.24, 2.45) is 0 Å². The first-order valence-electron chi connectivity index (χ1n) is 4.64. The highest BCUT2D eigenvalue weighted by Crippen LogP contribution is 2.18. The minimum Gasteiger partial charge on any atom is -0.380 e. The fourth-order valence-corrected chi connectivity index (χ4v) is 1.62. The third-order valence-electron chi connectivity index (χ3n) is 2.34. The maximum Gasteiger partial charge on any atom is 0.0713 e. The number of aromatic nitrogens is 1. The zero-order valence-electron chi connectivity index (χ0n) is 8.45. The van der Waals surface area contributed by atoms with Crippen molar-refractivity contribution < 1.29 is 4.74 Å². The summed E-state index contributed by atoms with van der Waals surface area (Å²) in [6.07, 6.45) is 1.84. The molecule has 0 spiro atoms. The number of fused-ring (bicyclic) bond motifs is 1. The van der Waals surface area contributed by atoms with E-state index in [1.54, 1.807) is 7.11 Å². The van der Waals surface area contributed by atoms with E-state index in [2.05, 4.69) is 23.2 Å². The lowest BCUT2D eigenvalue weighted by atomic mass is 10.1. The number of hydrogen-bond donors (Lipinski definition) is 0. The van der Waals surface area contributed by atoms with Gasteiger partial charge in [-0.15, -0.1) is 0 Å². The van der Waals surface area contributed by atoms with E-state index >= 15 is 0 Å². The third kappa shape index (κ3) is 1.61. The van der Waals surface area contributed by atoms with Crippen molar-refractivity contribution in [3.05, 3.63) is 41.7 Å². The molecule has 1 aromatic carbocycles. The molecular formula is C12H13NO. The van der Waals surface area contributed by atoms with Gasteiger partial charge in [-0.25, -0.2) is 0 Å². The molecule has 0 radical (unpaired) electrons. The second-order valence-corrected chi connectivity index (χ2v) is 3.38. The minimum absolute atomic E-state index is 0.657. The number of methoxy groups -OCH3 is 1. The summed E-state index contributed by atoms with van der Waals surface area (Å²) >= 11 is 0. The van der Waals surface area contributed by atoms with Crippen molar-refractivity contribution in [1.82, 2.24) is 4.98 Å². The summed E-state index contributed by atoms with van der Waals surface area (Å²) in [6, 6.07) is 8.36. The molecule has 0 N–H and O–H groups in total. The van der Waals surface area contributed by atoms with Crippen LogP contribution in [0.4, 0.5) is 0 Å². The van der Waals surface area contributed by atoms with Crippen LogP contribution < -0.4 is 0 Å². The molecule has 1 aromatic heterocycles. The highest BCUT2D eigenvalue weighted by atomic mass is 16.5. The smallest absolute Gasteiger partial charge is 0.0713 e. The molecule has 2 aromatic rings. The summed E-state index contributed by atoms with van der Waals surface area (Å²) in [5, 5.41) is 2.44. The topological polar surface area (TPSA) is 22.1 Å². The van der Waals surface area contributed by atoms with E-state index in [0.29, 0.717) is 6.61 Å². The van der Waals surface area contributed by atoms with Crippen molar-refractivity contribution in [3.63, 3.8) is 0 Å². The Kier molecular flexibility index (Phi) is 2.46. The fraction of sp³-hybridized carbons (Fsp3) is 0.250. The zero-order valence-corrected chi connectivity index (χ0v) is 8.45. The summed E-state index contributed by atoms with van der Waals surface area (Å²) in [5.74, 6) is 0. The molecule has 0 bridgehead atoms. The van der Waals surface area contributed by atoms with Gasteiger partial charge in [0, 0.05) is 24.4 Å². The maximum atomic E-state index is 5.10. The Balaban J connectivity index is 2.58. The van der Waals surface area contributed by atoms with E-state index in [1.807, 2.05) is 19.2 Å². The predicted octanol–water partition coefficient (Wildman–Crippen LogP) is 2.69. The molecule has 72 valence electrons. The van der Waals surface area contributed by atoms with Gasteiger partial charge in [-0.1, -0.05) is 12.1 Å². The molecule has 2 rings (SSSR count). The highest BCUT2D eigenvalue weighted by Gasteiger charge is 1.99. The van der Waals surface area contributed by atoms with Gasteiger partial charge in [0.05, 0.1) is 6.61 Å². The Hall–Kier alpha value is -1.41. The van der Waals surface area contributed by atoms with Gasteiger partial charge < -0.3 is 4.74 Å². The summed E-state index contributed by atoms with van der Waals surface area (Å²) in [7, 11) is 1.71. The van der Waals surface area contributed by atoms with Crippen LogP contribution in [0.3, 0.4) is 0 Å². The predicted molar refractivity (Wildman–Crippen MR) is 57.2 cm³/mol. The van der Waals surface area contributed by atoms with Gasteiger partial charge in [-0.05, 0) is 30.0 Å². The van der Waals surface area contributed by atoms with Crippen LogP contribution in [-0.4, -0.2) is 12.1 Å². The van der Waals surface area contributed by atoms with Crippen LogP contribution in [0.1, 0.15) is 11.3 Å². The number of nitrogens with zero attached hydrogens (tertiary/aromatic N) is 1. The van der Waals surface area contributed by atoms with Crippen molar-refractivity contribution in [3.8, 4) is 0 Å². The molecule has 0 unspecified atom stereocenters. The lowest BCUT2D eigenvalue weighted by Gasteiger charge is -2.04. The van der Waals surface area contributed by atoms with E-state index in [-0.39, 0.29) is 0 Å². The molecule has 0 aliphatic carbocycles. The highest BCUT2D eigenvalue weighted by molar-refractivity contribution is 5.84. The number of aryl methyl sites for hydroxylation is 1. The van der Waals surface area contributed by atoms with Crippen LogP contribution in [0.25, 0.3) is 10.8 Å². The maximum absolute atomic E-state index is 5.10. The molecule has 0 saturated heterocycles. The SMILES string of the molecule is COCc1ccc2ccnc(C)c2c1. The minimum atomic E-state index is 0.657. The van der Waals surface area contributed by atoms with Gasteiger partial charge in [0.2, 0.25) is 0 Å². The van der Waals surface area contributed by atoms with Gasteiger partial charge in [-0.2, -0.15) is 0 Å². The normalized spacial score (nSPS) is 10.7. The van der Waals surface area contributed by atoms with Crippen LogP contribution >= 0.6 is 0 Å². The number of rotatable bonds is 2. The Morgan fingerprint density at radius 2 is 2.14 bits per heavy atom. The van der Waals surface area contributed by atoms with E-state index in [4.69, 9.17) is 4.74 Å². The molecule has 0 fully saturated rings. The van der Waals surface area contributed by atoms with E-state index in [1.165, 1.54) is 16.3 Å². The van der Waals surface area contributed by atoms with E-state index in [9.17, 15) is 0 Å². The standard InChI is InChI=1S/C12H13NO/c1-9-12-7-10(8-14-2)3-4-11(12)5-6-13-9/h3-7H,8H2,1-2H3. The molecule has 14 heavy (non-hydrogen) atoms. The first-order chi connectivity index (χ1) is 6.81. The first kappa shape index (κ1) is 9.16.